The molecule has 0 saturated heterocycles. The Morgan fingerprint density at radius 1 is 1.25 bits per heavy atom. The Morgan fingerprint density at radius 3 is 2.55 bits per heavy atom. The van der Waals surface area contributed by atoms with Crippen LogP contribution in [0.1, 0.15) is 28.7 Å². The van der Waals surface area contributed by atoms with Crippen LogP contribution in [0.3, 0.4) is 0 Å². The smallest absolute Gasteiger partial charge is 0.328 e. The van der Waals surface area contributed by atoms with E-state index in [1.165, 1.54) is 11.6 Å². The summed E-state index contributed by atoms with van der Waals surface area (Å²) in [5.41, 5.74) is 1.76. The highest BCUT2D eigenvalue weighted by atomic mass is 16.5. The van der Waals surface area contributed by atoms with Crippen LogP contribution in [0, 0.1) is 6.92 Å². The van der Waals surface area contributed by atoms with E-state index in [1.54, 1.807) is 6.92 Å². The van der Waals surface area contributed by atoms with Crippen LogP contribution in [0.5, 0.6) is 0 Å². The Hall–Kier alpha value is -2.50. The van der Waals surface area contributed by atoms with E-state index in [0.717, 1.165) is 5.56 Å². The molecule has 0 bridgehead atoms. The fourth-order valence-corrected chi connectivity index (χ4v) is 1.74. The normalized spacial score (nSPS) is 10.3. The number of aromatic nitrogens is 3. The van der Waals surface area contributed by atoms with E-state index in [9.17, 15) is 9.59 Å². The van der Waals surface area contributed by atoms with Crippen LogP contribution in [-0.2, 0) is 22.7 Å². The summed E-state index contributed by atoms with van der Waals surface area (Å²) in [5, 5.41) is 7.52. The summed E-state index contributed by atoms with van der Waals surface area (Å²) < 4.78 is 6.51. The van der Waals surface area contributed by atoms with E-state index >= 15 is 0 Å². The summed E-state index contributed by atoms with van der Waals surface area (Å²) in [4.78, 5) is 23.0. The molecular formula is C14H15N3O3. The van der Waals surface area contributed by atoms with Crippen molar-refractivity contribution in [1.29, 1.82) is 0 Å². The average Bonchev–Trinajstić information content (AvgIpc) is 2.79. The van der Waals surface area contributed by atoms with Crippen molar-refractivity contribution >= 4 is 11.8 Å². The number of ketones is 1. The van der Waals surface area contributed by atoms with Crippen molar-refractivity contribution in [3.05, 3.63) is 47.3 Å². The molecule has 0 spiro atoms. The number of hydrogen-bond acceptors (Lipinski definition) is 5. The standard InChI is InChI=1S/C14H15N3O3/c1-10-14(11(2)18)15-16-17(10)8-13(19)20-9-12-6-4-3-5-7-12/h3-7H,8-9H2,1-2H3. The molecule has 0 N–H and O–H groups in total. The molecular weight excluding hydrogens is 258 g/mol. The first-order valence-corrected chi connectivity index (χ1v) is 6.18. The fourth-order valence-electron chi connectivity index (χ4n) is 1.74. The monoisotopic (exact) mass is 273 g/mol. The number of ether oxygens (including phenoxy) is 1. The fraction of sp³-hybridized carbons (Fsp3) is 0.286. The van der Waals surface area contributed by atoms with E-state index in [1.807, 2.05) is 30.3 Å². The van der Waals surface area contributed by atoms with E-state index in [4.69, 9.17) is 4.74 Å². The lowest BCUT2D eigenvalue weighted by Crippen LogP contribution is -2.16. The molecule has 1 aromatic carbocycles. The van der Waals surface area contributed by atoms with Gasteiger partial charge >= 0.3 is 5.97 Å². The molecule has 6 heteroatoms. The lowest BCUT2D eigenvalue weighted by molar-refractivity contribution is -0.146. The number of benzene rings is 1. The molecule has 20 heavy (non-hydrogen) atoms. The van der Waals surface area contributed by atoms with Gasteiger partial charge in [-0.2, -0.15) is 0 Å². The molecule has 0 atom stereocenters. The van der Waals surface area contributed by atoms with Gasteiger partial charge in [0.15, 0.2) is 11.5 Å². The summed E-state index contributed by atoms with van der Waals surface area (Å²) in [6.45, 7) is 3.27. The lowest BCUT2D eigenvalue weighted by atomic mass is 10.2. The number of Topliss-reactive ketones (excluding diaryl/α,β-unsaturated/α-hetero) is 1. The molecule has 0 aliphatic carbocycles. The minimum absolute atomic E-state index is 0.0566. The van der Waals surface area contributed by atoms with Gasteiger partial charge in [-0.05, 0) is 12.5 Å². The molecule has 6 nitrogen and oxygen atoms in total. The van der Waals surface area contributed by atoms with Gasteiger partial charge in [-0.25, -0.2) is 4.68 Å². The zero-order valence-electron chi connectivity index (χ0n) is 11.4. The second-order valence-electron chi connectivity index (χ2n) is 4.38. The summed E-state index contributed by atoms with van der Waals surface area (Å²) in [7, 11) is 0. The van der Waals surface area contributed by atoms with Gasteiger partial charge in [0, 0.05) is 6.92 Å². The second-order valence-corrected chi connectivity index (χ2v) is 4.38. The van der Waals surface area contributed by atoms with Crippen LogP contribution < -0.4 is 0 Å². The maximum atomic E-state index is 11.7. The highest BCUT2D eigenvalue weighted by molar-refractivity contribution is 5.93. The highest BCUT2D eigenvalue weighted by Gasteiger charge is 2.15. The molecule has 0 radical (unpaired) electrons. The van der Waals surface area contributed by atoms with Gasteiger partial charge in [-0.1, -0.05) is 35.5 Å². The van der Waals surface area contributed by atoms with Crippen LogP contribution in [0.2, 0.25) is 0 Å². The molecule has 2 rings (SSSR count). The van der Waals surface area contributed by atoms with Gasteiger partial charge in [0.25, 0.3) is 0 Å². The topological polar surface area (TPSA) is 74.1 Å². The number of carbonyl (C=O) groups excluding carboxylic acids is 2. The number of rotatable bonds is 5. The van der Waals surface area contributed by atoms with Gasteiger partial charge in [0.05, 0.1) is 5.69 Å². The van der Waals surface area contributed by atoms with Crippen molar-refractivity contribution in [2.45, 2.75) is 27.0 Å². The predicted octanol–water partition coefficient (Wildman–Crippen LogP) is 1.53. The van der Waals surface area contributed by atoms with E-state index in [0.29, 0.717) is 5.69 Å². The largest absolute Gasteiger partial charge is 0.459 e. The molecule has 104 valence electrons. The molecule has 0 saturated carbocycles. The minimum atomic E-state index is -0.419. The molecule has 0 aliphatic heterocycles. The zero-order chi connectivity index (χ0) is 14.5. The summed E-state index contributed by atoms with van der Waals surface area (Å²) in [5.74, 6) is -0.594. The van der Waals surface area contributed by atoms with Crippen molar-refractivity contribution < 1.29 is 14.3 Å². The zero-order valence-corrected chi connectivity index (χ0v) is 11.4. The van der Waals surface area contributed by atoms with E-state index in [2.05, 4.69) is 10.3 Å². The maximum Gasteiger partial charge on any atom is 0.328 e. The van der Waals surface area contributed by atoms with Crippen LogP contribution in [0.4, 0.5) is 0 Å². The Balaban J connectivity index is 1.93. The first-order chi connectivity index (χ1) is 9.58. The second kappa shape index (κ2) is 6.10. The van der Waals surface area contributed by atoms with Crippen LogP contribution in [0.15, 0.2) is 30.3 Å². The van der Waals surface area contributed by atoms with Crippen LogP contribution in [-0.4, -0.2) is 26.7 Å². The Morgan fingerprint density at radius 2 is 1.95 bits per heavy atom. The van der Waals surface area contributed by atoms with Crippen molar-refractivity contribution in [2.24, 2.45) is 0 Å². The third kappa shape index (κ3) is 3.28. The van der Waals surface area contributed by atoms with Crippen molar-refractivity contribution in [2.75, 3.05) is 0 Å². The Kier molecular flexibility index (Phi) is 4.24. The third-order valence-corrected chi connectivity index (χ3v) is 2.84. The molecule has 1 heterocycles. The number of carbonyl (C=O) groups is 2. The molecule has 0 fully saturated rings. The van der Waals surface area contributed by atoms with Gasteiger partial charge in [0.2, 0.25) is 0 Å². The van der Waals surface area contributed by atoms with Crippen LogP contribution in [0.25, 0.3) is 0 Å². The van der Waals surface area contributed by atoms with E-state index in [-0.39, 0.29) is 24.6 Å². The maximum absolute atomic E-state index is 11.7. The predicted molar refractivity (Wildman–Crippen MR) is 71.0 cm³/mol. The summed E-state index contributed by atoms with van der Waals surface area (Å²) >= 11 is 0. The first-order valence-electron chi connectivity index (χ1n) is 6.18. The minimum Gasteiger partial charge on any atom is -0.459 e. The van der Waals surface area contributed by atoms with Crippen LogP contribution >= 0.6 is 0 Å². The summed E-state index contributed by atoms with van der Waals surface area (Å²) in [6.07, 6.45) is 0. The van der Waals surface area contributed by atoms with Crippen molar-refractivity contribution in [3.63, 3.8) is 0 Å². The first kappa shape index (κ1) is 13.9. The van der Waals surface area contributed by atoms with Gasteiger partial charge < -0.3 is 4.74 Å². The van der Waals surface area contributed by atoms with Gasteiger partial charge in [0.1, 0.15) is 13.2 Å². The molecule has 1 aromatic heterocycles. The SMILES string of the molecule is CC(=O)c1nnn(CC(=O)OCc2ccccc2)c1C. The van der Waals surface area contributed by atoms with E-state index < -0.39 is 5.97 Å². The van der Waals surface area contributed by atoms with Gasteiger partial charge in [-0.3, -0.25) is 9.59 Å². The summed E-state index contributed by atoms with van der Waals surface area (Å²) in [6, 6.07) is 9.41. The lowest BCUT2D eigenvalue weighted by Gasteiger charge is -2.05. The molecule has 0 aliphatic rings. The molecule has 0 amide bonds. The van der Waals surface area contributed by atoms with Crippen molar-refractivity contribution in [3.8, 4) is 0 Å². The average molecular weight is 273 g/mol. The number of nitrogens with zero attached hydrogens (tertiary/aromatic N) is 3. The van der Waals surface area contributed by atoms with Gasteiger partial charge in [-0.15, -0.1) is 5.10 Å². The van der Waals surface area contributed by atoms with Crippen molar-refractivity contribution in [1.82, 2.24) is 15.0 Å². The number of hydrogen-bond donors (Lipinski definition) is 0. The number of esters is 1. The Labute approximate surface area is 116 Å². The highest BCUT2D eigenvalue weighted by Crippen LogP contribution is 2.05. The quantitative estimate of drug-likeness (QED) is 0.610. The molecule has 2 aromatic rings. The molecule has 0 unspecified atom stereocenters. The Bertz CT molecular complexity index is 620. The third-order valence-electron chi connectivity index (χ3n) is 2.84.